The zero-order valence-electron chi connectivity index (χ0n) is 16.0. The predicted molar refractivity (Wildman–Crippen MR) is 105 cm³/mol. The first-order chi connectivity index (χ1) is 13.0. The summed E-state index contributed by atoms with van der Waals surface area (Å²) in [6, 6.07) is 12.5. The summed E-state index contributed by atoms with van der Waals surface area (Å²) in [4.78, 5) is 23.7. The molecule has 27 heavy (non-hydrogen) atoms. The highest BCUT2D eigenvalue weighted by atomic mass is 16.5. The van der Waals surface area contributed by atoms with E-state index in [0.29, 0.717) is 25.4 Å². The van der Waals surface area contributed by atoms with Crippen LogP contribution in [-0.4, -0.2) is 36.5 Å². The van der Waals surface area contributed by atoms with Crippen molar-refractivity contribution in [3.63, 3.8) is 0 Å². The van der Waals surface area contributed by atoms with Gasteiger partial charge in [-0.15, -0.1) is 0 Å². The van der Waals surface area contributed by atoms with E-state index in [1.54, 1.807) is 19.4 Å². The first-order valence-corrected chi connectivity index (χ1v) is 8.88. The molecule has 0 aliphatic heterocycles. The maximum Gasteiger partial charge on any atom is 0.319 e. The van der Waals surface area contributed by atoms with Crippen LogP contribution < -0.4 is 16.2 Å². The Balaban J connectivity index is 1.82. The number of aryl methyl sites for hydroxylation is 1. The fourth-order valence-corrected chi connectivity index (χ4v) is 2.44. The van der Waals surface area contributed by atoms with Crippen molar-refractivity contribution >= 4 is 11.7 Å². The fourth-order valence-electron chi connectivity index (χ4n) is 2.44. The Kier molecular flexibility index (Phi) is 7.57. The topological polar surface area (TPSA) is 81.6 Å². The van der Waals surface area contributed by atoms with Crippen molar-refractivity contribution in [2.45, 2.75) is 32.6 Å². The van der Waals surface area contributed by atoms with Crippen LogP contribution in [0.2, 0.25) is 0 Å². The number of methoxy groups -OCH3 is 1. The van der Waals surface area contributed by atoms with Crippen LogP contribution in [0.15, 0.2) is 53.5 Å². The van der Waals surface area contributed by atoms with Crippen molar-refractivity contribution in [2.75, 3.05) is 25.6 Å². The molecule has 2 amide bonds. The van der Waals surface area contributed by atoms with Crippen LogP contribution in [0.25, 0.3) is 0 Å². The highest BCUT2D eigenvalue weighted by Gasteiger charge is 2.25. The first-order valence-electron chi connectivity index (χ1n) is 8.88. The number of amides is 2. The van der Waals surface area contributed by atoms with Gasteiger partial charge < -0.3 is 24.7 Å². The van der Waals surface area contributed by atoms with Gasteiger partial charge in [-0.3, -0.25) is 4.79 Å². The molecule has 146 valence electrons. The molecule has 7 heteroatoms. The lowest BCUT2D eigenvalue weighted by Crippen LogP contribution is -2.46. The molecule has 0 spiro atoms. The minimum atomic E-state index is -0.658. The van der Waals surface area contributed by atoms with Crippen molar-refractivity contribution in [1.82, 2.24) is 9.88 Å². The summed E-state index contributed by atoms with van der Waals surface area (Å²) in [5.41, 5.74) is 0.862. The third kappa shape index (κ3) is 6.54. The predicted octanol–water partition coefficient (Wildman–Crippen LogP) is 2.61. The molecular formula is C20H27N3O4. The molecule has 0 aliphatic rings. The van der Waals surface area contributed by atoms with Gasteiger partial charge in [0.15, 0.2) is 0 Å². The molecule has 1 heterocycles. The van der Waals surface area contributed by atoms with Crippen LogP contribution in [0.5, 0.6) is 0 Å². The van der Waals surface area contributed by atoms with Gasteiger partial charge >= 0.3 is 6.03 Å². The number of pyridine rings is 1. The number of carbonyl (C=O) groups is 1. The second-order valence-corrected chi connectivity index (χ2v) is 6.48. The third-order valence-electron chi connectivity index (χ3n) is 4.22. The maximum absolute atomic E-state index is 12.1. The van der Waals surface area contributed by atoms with E-state index in [-0.39, 0.29) is 18.1 Å². The molecule has 2 rings (SSSR count). The van der Waals surface area contributed by atoms with E-state index in [1.165, 1.54) is 10.6 Å². The Bertz CT molecular complexity index is 791. The average Bonchev–Trinajstić information content (AvgIpc) is 2.69. The van der Waals surface area contributed by atoms with Crippen LogP contribution in [0.3, 0.4) is 0 Å². The van der Waals surface area contributed by atoms with Crippen LogP contribution in [-0.2, 0) is 22.6 Å². The Morgan fingerprint density at radius 2 is 1.93 bits per heavy atom. The lowest BCUT2D eigenvalue weighted by atomic mass is 10.1. The molecule has 0 fully saturated rings. The molecular weight excluding hydrogens is 346 g/mol. The molecule has 2 aromatic rings. The van der Waals surface area contributed by atoms with Crippen LogP contribution >= 0.6 is 0 Å². The molecule has 7 nitrogen and oxygen atoms in total. The number of anilines is 1. The Hall–Kier alpha value is -2.64. The molecule has 0 aliphatic carbocycles. The Morgan fingerprint density at radius 3 is 2.59 bits per heavy atom. The highest BCUT2D eigenvalue weighted by molar-refractivity contribution is 5.89. The molecule has 1 aromatic carbocycles. The van der Waals surface area contributed by atoms with Gasteiger partial charge in [0.1, 0.15) is 5.60 Å². The van der Waals surface area contributed by atoms with Crippen molar-refractivity contribution in [3.8, 4) is 0 Å². The molecule has 0 bridgehead atoms. The first kappa shape index (κ1) is 20.7. The van der Waals surface area contributed by atoms with Crippen LogP contribution in [0, 0.1) is 0 Å². The Morgan fingerprint density at radius 1 is 1.19 bits per heavy atom. The molecule has 2 N–H and O–H groups in total. The highest BCUT2D eigenvalue weighted by Crippen LogP contribution is 2.11. The van der Waals surface area contributed by atoms with Gasteiger partial charge in [0, 0.05) is 25.9 Å². The monoisotopic (exact) mass is 373 g/mol. The number of carbonyl (C=O) groups excluding carboxylic acids is 1. The van der Waals surface area contributed by atoms with Crippen molar-refractivity contribution < 1.29 is 14.3 Å². The summed E-state index contributed by atoms with van der Waals surface area (Å²) in [6.07, 6.45) is 1.61. The van der Waals surface area contributed by atoms with E-state index >= 15 is 0 Å². The van der Waals surface area contributed by atoms with E-state index < -0.39 is 5.60 Å². The normalized spacial score (nSPS) is 13.0. The number of ether oxygens (including phenoxy) is 2. The van der Waals surface area contributed by atoms with Crippen molar-refractivity contribution in [2.24, 2.45) is 0 Å². The summed E-state index contributed by atoms with van der Waals surface area (Å²) < 4.78 is 12.8. The largest absolute Gasteiger partial charge is 0.374 e. The van der Waals surface area contributed by atoms with Crippen molar-refractivity contribution in [3.05, 3.63) is 64.6 Å². The molecule has 1 unspecified atom stereocenters. The maximum atomic E-state index is 12.1. The summed E-state index contributed by atoms with van der Waals surface area (Å²) in [5.74, 6) is 0. The Labute approximate surface area is 159 Å². The van der Waals surface area contributed by atoms with E-state index in [0.717, 1.165) is 5.56 Å². The molecule has 1 aromatic heterocycles. The smallest absolute Gasteiger partial charge is 0.319 e. The quantitative estimate of drug-likeness (QED) is 0.708. The number of nitrogens with zero attached hydrogens (tertiary/aromatic N) is 1. The van der Waals surface area contributed by atoms with E-state index in [2.05, 4.69) is 10.6 Å². The zero-order valence-corrected chi connectivity index (χ0v) is 16.0. The molecule has 0 saturated carbocycles. The molecule has 0 radical (unpaired) electrons. The number of rotatable bonds is 9. The fraction of sp³-hybridized carbons (Fsp3) is 0.400. The van der Waals surface area contributed by atoms with Crippen LogP contribution in [0.1, 0.15) is 19.4 Å². The molecule has 0 saturated heterocycles. The summed E-state index contributed by atoms with van der Waals surface area (Å²) in [5, 5.41) is 5.50. The van der Waals surface area contributed by atoms with Crippen molar-refractivity contribution in [1.29, 1.82) is 0 Å². The number of benzene rings is 1. The van der Waals surface area contributed by atoms with Crippen LogP contribution in [0.4, 0.5) is 10.5 Å². The zero-order chi connectivity index (χ0) is 19.7. The third-order valence-corrected chi connectivity index (χ3v) is 4.22. The lowest BCUT2D eigenvalue weighted by molar-refractivity contribution is -0.0643. The molecule has 1 atom stereocenters. The standard InChI is InChI=1S/C20H27N3O4/c1-4-23-12-17(10-11-18(23)24)22-19(25)21-14-20(2,26-3)15-27-13-16-8-6-5-7-9-16/h5-12H,4,13-15H2,1-3H3,(H2,21,22,25). The number of nitrogens with one attached hydrogen (secondary N) is 2. The minimum absolute atomic E-state index is 0.106. The van der Waals surface area contributed by atoms with E-state index in [4.69, 9.17) is 9.47 Å². The van der Waals surface area contributed by atoms with Gasteiger partial charge in [-0.25, -0.2) is 4.79 Å². The van der Waals surface area contributed by atoms with Gasteiger partial charge in [-0.05, 0) is 25.5 Å². The summed E-state index contributed by atoms with van der Waals surface area (Å²) in [6.45, 7) is 5.36. The summed E-state index contributed by atoms with van der Waals surface area (Å²) in [7, 11) is 1.59. The van der Waals surface area contributed by atoms with E-state index in [1.807, 2.05) is 44.2 Å². The number of hydrogen-bond donors (Lipinski definition) is 2. The second-order valence-electron chi connectivity index (χ2n) is 6.48. The lowest BCUT2D eigenvalue weighted by Gasteiger charge is -2.28. The average molecular weight is 373 g/mol. The number of hydrogen-bond acceptors (Lipinski definition) is 4. The van der Waals surface area contributed by atoms with E-state index in [9.17, 15) is 9.59 Å². The summed E-state index contributed by atoms with van der Waals surface area (Å²) >= 11 is 0. The van der Waals surface area contributed by atoms with Gasteiger partial charge in [0.05, 0.1) is 25.4 Å². The van der Waals surface area contributed by atoms with Gasteiger partial charge in [-0.2, -0.15) is 0 Å². The number of urea groups is 1. The minimum Gasteiger partial charge on any atom is -0.374 e. The van der Waals surface area contributed by atoms with Gasteiger partial charge in [0.25, 0.3) is 5.56 Å². The second kappa shape index (κ2) is 9.89. The van der Waals surface area contributed by atoms with Gasteiger partial charge in [-0.1, -0.05) is 30.3 Å². The SMILES string of the molecule is CCn1cc(NC(=O)NCC(C)(COCc2ccccc2)OC)ccc1=O. The van der Waals surface area contributed by atoms with Gasteiger partial charge in [0.2, 0.25) is 0 Å². The number of aromatic nitrogens is 1.